The molecule has 6 nitrogen and oxygen atoms in total. The summed E-state index contributed by atoms with van der Waals surface area (Å²) in [6.45, 7) is 7.44. The van der Waals surface area contributed by atoms with Crippen molar-refractivity contribution >= 4 is 28.4 Å². The fraction of sp³-hybridized carbons (Fsp3) is 0.300. The molecule has 0 amide bonds. The summed E-state index contributed by atoms with van der Waals surface area (Å²) in [6.07, 6.45) is 0. The van der Waals surface area contributed by atoms with Gasteiger partial charge in [-0.1, -0.05) is 19.9 Å². The number of benzene rings is 1. The van der Waals surface area contributed by atoms with Gasteiger partial charge in [0.15, 0.2) is 5.58 Å². The Balaban J connectivity index is 0.00000126. The van der Waals surface area contributed by atoms with E-state index in [9.17, 15) is 14.0 Å². The van der Waals surface area contributed by atoms with Crippen molar-refractivity contribution in [1.82, 2.24) is 4.57 Å². The molecule has 2 aromatic heterocycles. The van der Waals surface area contributed by atoms with Crippen LogP contribution in [0, 0.1) is 19.7 Å². The topological polar surface area (TPSA) is 73.5 Å². The van der Waals surface area contributed by atoms with E-state index in [1.165, 1.54) is 30.9 Å². The van der Waals surface area contributed by atoms with Crippen LogP contribution in [-0.4, -0.2) is 17.6 Å². The zero-order valence-corrected chi connectivity index (χ0v) is 16.3. The first-order chi connectivity index (χ1) is 12.8. The van der Waals surface area contributed by atoms with Gasteiger partial charge in [0, 0.05) is 7.05 Å². The van der Waals surface area contributed by atoms with Crippen molar-refractivity contribution in [1.29, 1.82) is 0 Å². The van der Waals surface area contributed by atoms with E-state index >= 15 is 0 Å². The molecular weight excluding hydrogens is 351 g/mol. The van der Waals surface area contributed by atoms with Gasteiger partial charge >= 0.3 is 5.97 Å². The lowest BCUT2D eigenvalue weighted by Crippen LogP contribution is -2.23. The summed E-state index contributed by atoms with van der Waals surface area (Å²) >= 11 is 0. The van der Waals surface area contributed by atoms with Crippen LogP contribution in [0.1, 0.15) is 35.5 Å². The van der Waals surface area contributed by atoms with E-state index in [2.05, 4.69) is 5.32 Å². The third kappa shape index (κ3) is 3.72. The Morgan fingerprint density at radius 1 is 1.22 bits per heavy atom. The van der Waals surface area contributed by atoms with E-state index in [0.717, 1.165) is 5.56 Å². The van der Waals surface area contributed by atoms with Gasteiger partial charge in [0.05, 0.1) is 18.2 Å². The summed E-state index contributed by atoms with van der Waals surface area (Å²) in [5.41, 5.74) is 0.667. The fourth-order valence-corrected chi connectivity index (χ4v) is 2.70. The van der Waals surface area contributed by atoms with Gasteiger partial charge in [0.1, 0.15) is 23.0 Å². The van der Waals surface area contributed by atoms with Gasteiger partial charge in [0.25, 0.3) is 5.56 Å². The van der Waals surface area contributed by atoms with E-state index in [-0.39, 0.29) is 33.6 Å². The van der Waals surface area contributed by atoms with E-state index < -0.39 is 11.8 Å². The quantitative estimate of drug-likeness (QED) is 0.686. The van der Waals surface area contributed by atoms with E-state index in [1.807, 2.05) is 13.8 Å². The summed E-state index contributed by atoms with van der Waals surface area (Å²) < 4.78 is 25.8. The fourth-order valence-electron chi connectivity index (χ4n) is 2.70. The Morgan fingerprint density at radius 2 is 1.89 bits per heavy atom. The highest BCUT2D eigenvalue weighted by Crippen LogP contribution is 2.29. The second kappa shape index (κ2) is 8.07. The molecule has 27 heavy (non-hydrogen) atoms. The van der Waals surface area contributed by atoms with E-state index in [1.54, 1.807) is 26.0 Å². The van der Waals surface area contributed by atoms with Gasteiger partial charge in [-0.3, -0.25) is 9.36 Å². The van der Waals surface area contributed by atoms with Gasteiger partial charge in [-0.25, -0.2) is 9.18 Å². The number of anilines is 2. The highest BCUT2D eigenvalue weighted by Gasteiger charge is 2.25. The van der Waals surface area contributed by atoms with Crippen LogP contribution >= 0.6 is 0 Å². The van der Waals surface area contributed by atoms with E-state index in [4.69, 9.17) is 9.15 Å². The van der Waals surface area contributed by atoms with Crippen molar-refractivity contribution in [3.8, 4) is 0 Å². The number of esters is 1. The minimum Gasteiger partial charge on any atom is -0.465 e. The van der Waals surface area contributed by atoms with Crippen LogP contribution < -0.4 is 10.9 Å². The standard InChI is InChI=1S/C18H17FN2O4.C2H6/c1-9-5-6-13(12(19)7-9)20-16-14(18(23)24-4)15-11(8-10(2)25-15)17(22)21(16)3;1-2/h5-8,20H,1-4H3;1-2H3. The van der Waals surface area contributed by atoms with Gasteiger partial charge in [-0.2, -0.15) is 0 Å². The largest absolute Gasteiger partial charge is 0.465 e. The van der Waals surface area contributed by atoms with Crippen LogP contribution in [0.3, 0.4) is 0 Å². The monoisotopic (exact) mass is 374 g/mol. The molecule has 1 N–H and O–H groups in total. The Labute approximate surface area is 156 Å². The molecule has 0 spiro atoms. The normalized spacial score (nSPS) is 10.3. The molecule has 2 heterocycles. The van der Waals surface area contributed by atoms with Crippen molar-refractivity contribution in [3.05, 3.63) is 57.3 Å². The maximum Gasteiger partial charge on any atom is 0.345 e. The molecule has 0 aliphatic heterocycles. The molecule has 3 aromatic rings. The van der Waals surface area contributed by atoms with Gasteiger partial charge < -0.3 is 14.5 Å². The number of hydrogen-bond donors (Lipinski definition) is 1. The molecule has 0 fully saturated rings. The molecule has 0 saturated carbocycles. The van der Waals surface area contributed by atoms with Crippen LogP contribution in [-0.2, 0) is 11.8 Å². The third-order valence-electron chi connectivity index (χ3n) is 3.96. The maximum absolute atomic E-state index is 14.2. The summed E-state index contributed by atoms with van der Waals surface area (Å²) in [4.78, 5) is 24.9. The number of carbonyl (C=O) groups excluding carboxylic acids is 1. The van der Waals surface area contributed by atoms with Gasteiger partial charge in [-0.15, -0.1) is 0 Å². The number of fused-ring (bicyclic) bond motifs is 1. The first-order valence-corrected chi connectivity index (χ1v) is 8.58. The number of pyridine rings is 1. The zero-order chi connectivity index (χ0) is 20.3. The smallest absolute Gasteiger partial charge is 0.345 e. The SMILES string of the molecule is CC.COC(=O)c1c(Nc2ccc(C)cc2F)n(C)c(=O)c2cc(C)oc12. The number of furan rings is 1. The first-order valence-electron chi connectivity index (χ1n) is 8.58. The van der Waals surface area contributed by atoms with Crippen LogP contribution in [0.25, 0.3) is 11.0 Å². The van der Waals surface area contributed by atoms with Crippen LogP contribution in [0.2, 0.25) is 0 Å². The lowest BCUT2D eigenvalue weighted by molar-refractivity contribution is 0.0602. The molecule has 0 bridgehead atoms. The Morgan fingerprint density at radius 3 is 2.48 bits per heavy atom. The van der Waals surface area contributed by atoms with Crippen molar-refractivity contribution in [2.45, 2.75) is 27.7 Å². The molecule has 3 rings (SSSR count). The minimum absolute atomic E-state index is 0.0349. The number of methoxy groups -OCH3 is 1. The number of halogens is 1. The number of aryl methyl sites for hydroxylation is 2. The average Bonchev–Trinajstić information content (AvgIpc) is 3.04. The molecule has 0 unspecified atom stereocenters. The van der Waals surface area contributed by atoms with Crippen molar-refractivity contribution in [2.75, 3.05) is 12.4 Å². The van der Waals surface area contributed by atoms with Gasteiger partial charge in [-0.05, 0) is 37.6 Å². The van der Waals surface area contributed by atoms with Crippen LogP contribution in [0.15, 0.2) is 33.5 Å². The molecule has 0 radical (unpaired) electrons. The Bertz CT molecular complexity index is 1050. The second-order valence-corrected chi connectivity index (χ2v) is 5.79. The Kier molecular flexibility index (Phi) is 6.05. The molecule has 0 atom stereocenters. The Hall–Kier alpha value is -3.09. The highest BCUT2D eigenvalue weighted by atomic mass is 19.1. The number of nitrogens with zero attached hydrogens (tertiary/aromatic N) is 1. The number of ether oxygens (including phenoxy) is 1. The zero-order valence-electron chi connectivity index (χ0n) is 16.3. The summed E-state index contributed by atoms with van der Waals surface area (Å²) in [6, 6.07) is 6.17. The molecular formula is C20H23FN2O4. The number of nitrogens with one attached hydrogen (secondary N) is 1. The number of carbonyl (C=O) groups is 1. The lowest BCUT2D eigenvalue weighted by Gasteiger charge is -2.16. The minimum atomic E-state index is -0.690. The lowest BCUT2D eigenvalue weighted by atomic mass is 10.1. The summed E-state index contributed by atoms with van der Waals surface area (Å²) in [7, 11) is 2.72. The third-order valence-corrected chi connectivity index (χ3v) is 3.96. The number of rotatable bonds is 3. The van der Waals surface area contributed by atoms with Crippen LogP contribution in [0.5, 0.6) is 0 Å². The number of aromatic nitrogens is 1. The predicted octanol–water partition coefficient (Wildman–Crippen LogP) is 4.44. The van der Waals surface area contributed by atoms with Crippen molar-refractivity contribution < 1.29 is 18.3 Å². The highest BCUT2D eigenvalue weighted by molar-refractivity contribution is 6.06. The molecule has 0 aliphatic carbocycles. The first kappa shape index (κ1) is 20.2. The molecule has 144 valence electrons. The van der Waals surface area contributed by atoms with Crippen molar-refractivity contribution in [2.24, 2.45) is 7.05 Å². The average molecular weight is 374 g/mol. The van der Waals surface area contributed by atoms with Crippen molar-refractivity contribution in [3.63, 3.8) is 0 Å². The summed E-state index contributed by atoms with van der Waals surface area (Å²) in [5.74, 6) is -0.610. The van der Waals surface area contributed by atoms with Gasteiger partial charge in [0.2, 0.25) is 0 Å². The molecule has 0 saturated heterocycles. The maximum atomic E-state index is 14.2. The molecule has 0 aliphatic rings. The molecule has 1 aromatic carbocycles. The predicted molar refractivity (Wildman–Crippen MR) is 103 cm³/mol. The van der Waals surface area contributed by atoms with E-state index in [0.29, 0.717) is 5.76 Å². The molecule has 7 heteroatoms. The number of hydrogen-bond acceptors (Lipinski definition) is 5. The summed E-state index contributed by atoms with van der Waals surface area (Å²) in [5, 5.41) is 3.08. The second-order valence-electron chi connectivity index (χ2n) is 5.79. The van der Waals surface area contributed by atoms with Crippen LogP contribution in [0.4, 0.5) is 15.9 Å².